The fourth-order valence-corrected chi connectivity index (χ4v) is 1.60. The Morgan fingerprint density at radius 2 is 2.27 bits per heavy atom. The normalized spacial score (nSPS) is 19.8. The summed E-state index contributed by atoms with van der Waals surface area (Å²) in [5.74, 6) is 3.48. The highest BCUT2D eigenvalue weighted by atomic mass is 16.3. The highest BCUT2D eigenvalue weighted by Gasteiger charge is 2.21. The molecule has 0 heterocycles. The average molecular weight is 204 g/mol. The third kappa shape index (κ3) is 2.35. The maximum atomic E-state index is 10.8. The standard InChI is InChI=1S/C12H12O3/c1-2-9-5-6-12(15)10(4-3-7-13)11(9)8-14/h3,5-6,9,15H,2,4H2,1H3. The molecule has 1 rings (SSSR count). The summed E-state index contributed by atoms with van der Waals surface area (Å²) in [6.45, 7) is 1.95. The molecule has 0 aromatic rings. The predicted molar refractivity (Wildman–Crippen MR) is 56.7 cm³/mol. The number of hydrogen-bond acceptors (Lipinski definition) is 3. The van der Waals surface area contributed by atoms with Crippen LogP contribution in [-0.4, -0.2) is 17.0 Å². The van der Waals surface area contributed by atoms with Gasteiger partial charge in [0.25, 0.3) is 0 Å². The van der Waals surface area contributed by atoms with Crippen molar-refractivity contribution in [1.29, 1.82) is 0 Å². The van der Waals surface area contributed by atoms with Gasteiger partial charge in [-0.05, 0) is 12.5 Å². The molecule has 0 aromatic carbocycles. The highest BCUT2D eigenvalue weighted by Crippen LogP contribution is 2.30. The van der Waals surface area contributed by atoms with Crippen molar-refractivity contribution < 1.29 is 14.7 Å². The molecule has 0 bridgehead atoms. The first-order valence-electron chi connectivity index (χ1n) is 4.79. The van der Waals surface area contributed by atoms with Crippen LogP contribution in [0.15, 0.2) is 35.1 Å². The molecule has 1 atom stereocenters. The Morgan fingerprint density at radius 3 is 2.80 bits per heavy atom. The van der Waals surface area contributed by atoms with Gasteiger partial charge < -0.3 is 5.11 Å². The summed E-state index contributed by atoms with van der Waals surface area (Å²) in [4.78, 5) is 20.9. The second kappa shape index (κ2) is 5.16. The van der Waals surface area contributed by atoms with E-state index < -0.39 is 0 Å². The molecule has 3 heteroatoms. The lowest BCUT2D eigenvalue weighted by atomic mass is 9.85. The fraction of sp³-hybridized carbons (Fsp3) is 0.333. The van der Waals surface area contributed by atoms with Crippen LogP contribution in [0.3, 0.4) is 0 Å². The van der Waals surface area contributed by atoms with Gasteiger partial charge in [0.15, 0.2) is 0 Å². The van der Waals surface area contributed by atoms with Crippen LogP contribution in [0, 0.1) is 5.92 Å². The summed E-state index contributed by atoms with van der Waals surface area (Å²) < 4.78 is 0. The van der Waals surface area contributed by atoms with Crippen molar-refractivity contribution >= 4 is 11.9 Å². The minimum absolute atomic E-state index is 0.0200. The number of aliphatic hydroxyl groups excluding tert-OH is 1. The molecule has 3 nitrogen and oxygen atoms in total. The molecule has 78 valence electrons. The van der Waals surface area contributed by atoms with Crippen molar-refractivity contribution in [2.45, 2.75) is 19.8 Å². The van der Waals surface area contributed by atoms with Gasteiger partial charge in [-0.2, -0.15) is 0 Å². The molecule has 0 saturated carbocycles. The van der Waals surface area contributed by atoms with Gasteiger partial charge in [0.2, 0.25) is 0 Å². The molecule has 0 amide bonds. The smallest absolute Gasteiger partial charge is 0.129 e. The Kier molecular flexibility index (Phi) is 3.87. The van der Waals surface area contributed by atoms with E-state index in [0.717, 1.165) is 6.42 Å². The fourth-order valence-electron chi connectivity index (χ4n) is 1.60. The minimum Gasteiger partial charge on any atom is -0.508 e. The molecule has 1 unspecified atom stereocenters. The van der Waals surface area contributed by atoms with Gasteiger partial charge in [-0.1, -0.05) is 13.0 Å². The van der Waals surface area contributed by atoms with Crippen LogP contribution in [-0.2, 0) is 9.59 Å². The largest absolute Gasteiger partial charge is 0.508 e. The molecule has 0 aromatic heterocycles. The molecule has 0 saturated heterocycles. The minimum atomic E-state index is -0.0200. The first kappa shape index (κ1) is 11.3. The summed E-state index contributed by atoms with van der Waals surface area (Å²) in [6, 6.07) is 0. The average Bonchev–Trinajstić information content (AvgIpc) is 2.27. The maximum absolute atomic E-state index is 10.8. The monoisotopic (exact) mass is 204 g/mol. The third-order valence-electron chi connectivity index (χ3n) is 2.43. The van der Waals surface area contributed by atoms with Crippen molar-refractivity contribution in [3.8, 4) is 0 Å². The number of aliphatic hydroxyl groups is 1. The van der Waals surface area contributed by atoms with Crippen molar-refractivity contribution in [3.05, 3.63) is 35.1 Å². The first-order valence-corrected chi connectivity index (χ1v) is 4.79. The summed E-state index contributed by atoms with van der Waals surface area (Å²) in [7, 11) is 0. The van der Waals surface area contributed by atoms with E-state index >= 15 is 0 Å². The molecular weight excluding hydrogens is 192 g/mol. The molecule has 0 spiro atoms. The lowest BCUT2D eigenvalue weighted by Crippen LogP contribution is -2.09. The highest BCUT2D eigenvalue weighted by molar-refractivity contribution is 5.66. The Labute approximate surface area is 88.1 Å². The van der Waals surface area contributed by atoms with E-state index in [0.29, 0.717) is 11.1 Å². The summed E-state index contributed by atoms with van der Waals surface area (Å²) >= 11 is 0. The first-order chi connectivity index (χ1) is 7.24. The quantitative estimate of drug-likeness (QED) is 0.714. The van der Waals surface area contributed by atoms with Gasteiger partial charge in [-0.3, -0.25) is 0 Å². The number of rotatable bonds is 3. The van der Waals surface area contributed by atoms with Gasteiger partial charge in [-0.25, -0.2) is 9.59 Å². The Morgan fingerprint density at radius 1 is 1.53 bits per heavy atom. The zero-order valence-electron chi connectivity index (χ0n) is 8.49. The number of carbonyl (C=O) groups excluding carboxylic acids is 2. The van der Waals surface area contributed by atoms with E-state index in [1.54, 1.807) is 18.1 Å². The van der Waals surface area contributed by atoms with Crippen LogP contribution in [0.2, 0.25) is 0 Å². The lowest BCUT2D eigenvalue weighted by Gasteiger charge is -2.18. The van der Waals surface area contributed by atoms with Crippen LogP contribution in [0.1, 0.15) is 19.8 Å². The Hall–Kier alpha value is -1.82. The third-order valence-corrected chi connectivity index (χ3v) is 2.43. The molecule has 15 heavy (non-hydrogen) atoms. The van der Waals surface area contributed by atoms with Gasteiger partial charge in [0.1, 0.15) is 17.6 Å². The molecular formula is C12H12O3. The van der Waals surface area contributed by atoms with E-state index in [9.17, 15) is 14.7 Å². The van der Waals surface area contributed by atoms with Crippen LogP contribution in [0.25, 0.3) is 0 Å². The predicted octanol–water partition coefficient (Wildman–Crippen LogP) is 1.93. The number of hydrogen-bond donors (Lipinski definition) is 1. The Balaban J connectivity index is 3.11. The van der Waals surface area contributed by atoms with Crippen molar-refractivity contribution in [2.75, 3.05) is 0 Å². The number of allylic oxidation sites excluding steroid dienone is 5. The molecule has 0 aliphatic heterocycles. The zero-order valence-corrected chi connectivity index (χ0v) is 8.49. The topological polar surface area (TPSA) is 54.4 Å². The van der Waals surface area contributed by atoms with Gasteiger partial charge in [-0.15, -0.1) is 0 Å². The maximum Gasteiger partial charge on any atom is 0.129 e. The second-order valence-electron chi connectivity index (χ2n) is 3.28. The molecule has 0 fully saturated rings. The summed E-state index contributed by atoms with van der Waals surface area (Å²) in [5.41, 5.74) is 0.909. The van der Waals surface area contributed by atoms with E-state index in [1.807, 2.05) is 12.9 Å². The van der Waals surface area contributed by atoms with Gasteiger partial charge >= 0.3 is 0 Å². The van der Waals surface area contributed by atoms with Gasteiger partial charge in [0, 0.05) is 24.0 Å². The lowest BCUT2D eigenvalue weighted by molar-refractivity contribution is 0.419. The Bertz CT molecular complexity index is 403. The summed E-state index contributed by atoms with van der Waals surface area (Å²) in [5, 5.41) is 9.55. The van der Waals surface area contributed by atoms with Gasteiger partial charge in [0.05, 0.1) is 5.57 Å². The second-order valence-corrected chi connectivity index (χ2v) is 3.28. The molecule has 1 aliphatic carbocycles. The van der Waals surface area contributed by atoms with E-state index in [4.69, 9.17) is 0 Å². The van der Waals surface area contributed by atoms with Crippen LogP contribution in [0.4, 0.5) is 0 Å². The molecule has 0 radical (unpaired) electrons. The van der Waals surface area contributed by atoms with Crippen LogP contribution < -0.4 is 0 Å². The SMILES string of the molecule is CCC1C=CC(O)=C(CC=C=O)C1=C=O. The van der Waals surface area contributed by atoms with Crippen molar-refractivity contribution in [1.82, 2.24) is 0 Å². The van der Waals surface area contributed by atoms with E-state index in [2.05, 4.69) is 0 Å². The molecule has 1 N–H and O–H groups in total. The van der Waals surface area contributed by atoms with Crippen molar-refractivity contribution in [2.24, 2.45) is 5.92 Å². The molecule has 1 aliphatic rings. The van der Waals surface area contributed by atoms with E-state index in [-0.39, 0.29) is 18.1 Å². The van der Waals surface area contributed by atoms with Crippen LogP contribution in [0.5, 0.6) is 0 Å². The van der Waals surface area contributed by atoms with E-state index in [1.165, 1.54) is 6.08 Å². The van der Waals surface area contributed by atoms with Crippen molar-refractivity contribution in [3.63, 3.8) is 0 Å². The zero-order chi connectivity index (χ0) is 11.3. The van der Waals surface area contributed by atoms with Crippen LogP contribution >= 0.6 is 0 Å². The summed E-state index contributed by atoms with van der Waals surface area (Å²) in [6.07, 6.45) is 5.56.